The quantitative estimate of drug-likeness (QED) is 0.0169. The largest absolute Gasteiger partial charge is 0.472 e. The third kappa shape index (κ3) is 75.6. The van der Waals surface area contributed by atoms with Gasteiger partial charge in [0.2, 0.25) is 0 Å². The van der Waals surface area contributed by atoms with Gasteiger partial charge in [-0.05, 0) is 69.1 Å². The van der Waals surface area contributed by atoms with E-state index < -0.39 is 97.5 Å². The van der Waals surface area contributed by atoms with Crippen molar-refractivity contribution in [2.24, 2.45) is 17.8 Å². The molecule has 0 aromatic heterocycles. The van der Waals surface area contributed by atoms with Crippen LogP contribution in [-0.2, 0) is 65.4 Å². The van der Waals surface area contributed by atoms with Crippen molar-refractivity contribution in [1.29, 1.82) is 0 Å². The van der Waals surface area contributed by atoms with Crippen molar-refractivity contribution >= 4 is 39.5 Å². The summed E-state index contributed by atoms with van der Waals surface area (Å²) in [6.07, 6.45) is 63.3. The molecule has 0 aliphatic carbocycles. The van der Waals surface area contributed by atoms with E-state index in [0.29, 0.717) is 25.7 Å². The van der Waals surface area contributed by atoms with Gasteiger partial charge in [0.05, 0.1) is 26.4 Å². The van der Waals surface area contributed by atoms with E-state index in [-0.39, 0.29) is 25.7 Å². The molecule has 0 aliphatic heterocycles. The van der Waals surface area contributed by atoms with Crippen LogP contribution >= 0.6 is 15.6 Å². The van der Waals surface area contributed by atoms with Crippen LogP contribution in [0.25, 0.3) is 0 Å². The Morgan fingerprint density at radius 1 is 0.307 bits per heavy atom. The number of allylic oxidation sites excluding steroid dienone is 4. The number of hydrogen-bond acceptors (Lipinski definition) is 15. The van der Waals surface area contributed by atoms with E-state index in [0.717, 1.165) is 127 Å². The van der Waals surface area contributed by atoms with Gasteiger partial charge in [0.1, 0.15) is 19.3 Å². The summed E-state index contributed by atoms with van der Waals surface area (Å²) in [4.78, 5) is 73.0. The summed E-state index contributed by atoms with van der Waals surface area (Å²) in [5, 5.41) is 10.6. The molecule has 0 saturated carbocycles. The first-order chi connectivity index (χ1) is 48.7. The third-order valence-corrected chi connectivity index (χ3v) is 20.4. The number of unbranched alkanes of at least 4 members (excludes halogenated alkanes) is 43. The Morgan fingerprint density at radius 2 is 0.535 bits per heavy atom. The van der Waals surface area contributed by atoms with Gasteiger partial charge in [0, 0.05) is 25.7 Å². The summed E-state index contributed by atoms with van der Waals surface area (Å²) in [7, 11) is -9.93. The van der Waals surface area contributed by atoms with Crippen LogP contribution in [0.15, 0.2) is 24.3 Å². The van der Waals surface area contributed by atoms with Crippen LogP contribution in [-0.4, -0.2) is 96.7 Å². The zero-order chi connectivity index (χ0) is 74.4. The Labute approximate surface area is 618 Å². The SMILES string of the molecule is CCCCCC/C=C\C=C/CCCCCCCC(=O)OC[C@H](COP(=O)(O)OC[C@@H](O)COP(=O)(O)OC[C@@H](COC(=O)CCCCCCCCCCC(C)C)OC(=O)CCCCCCCCCCCCCC(C)C)OC(=O)CCCCCCCCCCCCCCCCCCCCC(C)C. The number of phosphoric acid groups is 2. The van der Waals surface area contributed by atoms with Gasteiger partial charge < -0.3 is 33.8 Å². The van der Waals surface area contributed by atoms with E-state index in [2.05, 4.69) is 72.8 Å². The molecule has 596 valence electrons. The van der Waals surface area contributed by atoms with Crippen LogP contribution in [0.5, 0.6) is 0 Å². The van der Waals surface area contributed by atoms with E-state index in [4.69, 9.17) is 37.0 Å². The summed E-state index contributed by atoms with van der Waals surface area (Å²) in [5.41, 5.74) is 0. The maximum Gasteiger partial charge on any atom is 0.472 e. The van der Waals surface area contributed by atoms with Crippen molar-refractivity contribution in [2.45, 2.75) is 420 Å². The molecule has 0 spiro atoms. The number of phosphoric ester groups is 2. The molecule has 5 atom stereocenters. The van der Waals surface area contributed by atoms with Crippen molar-refractivity contribution < 1.29 is 80.2 Å². The van der Waals surface area contributed by atoms with Crippen LogP contribution in [0.1, 0.15) is 402 Å². The van der Waals surface area contributed by atoms with E-state index in [1.54, 1.807) is 0 Å². The van der Waals surface area contributed by atoms with E-state index in [1.807, 2.05) is 0 Å². The molecule has 19 heteroatoms. The number of carbonyl (C=O) groups excluding carboxylic acids is 4. The van der Waals surface area contributed by atoms with Gasteiger partial charge in [-0.25, -0.2) is 9.13 Å². The van der Waals surface area contributed by atoms with Crippen molar-refractivity contribution in [2.75, 3.05) is 39.6 Å². The second kappa shape index (κ2) is 71.8. The second-order valence-corrected chi connectivity index (χ2v) is 33.2. The lowest BCUT2D eigenvalue weighted by Crippen LogP contribution is -2.30. The molecule has 2 unspecified atom stereocenters. The number of esters is 4. The molecular weight excluding hydrogens is 1320 g/mol. The predicted molar refractivity (Wildman–Crippen MR) is 414 cm³/mol. The highest BCUT2D eigenvalue weighted by Gasteiger charge is 2.30. The van der Waals surface area contributed by atoms with Crippen LogP contribution < -0.4 is 0 Å². The molecule has 3 N–H and O–H groups in total. The van der Waals surface area contributed by atoms with E-state index >= 15 is 0 Å². The fourth-order valence-electron chi connectivity index (χ4n) is 12.1. The molecule has 0 saturated heterocycles. The standard InChI is InChI=1S/C82H156O17P2/c1-8-9-10-11-12-13-14-15-20-24-29-34-42-49-56-63-79(84)92-69-77(98-81(86)65-58-51-44-35-30-25-22-19-17-16-18-21-23-27-32-39-46-53-60-73(2)3)71-96-100(88,89)94-67-76(83)68-95-101(90,91)97-72-78(70-93-80(85)64-57-50-43-38-37-41-48-55-62-75(6)7)99-82(87)66-59-52-45-36-31-26-28-33-40-47-54-61-74(4)5/h13-15,20,73-78,83H,8-12,16-19,21-72H2,1-7H3,(H,88,89)(H,90,91)/b14-13-,20-15-/t76-,77-,78-/m1/s1. The predicted octanol–water partition coefficient (Wildman–Crippen LogP) is 24.1. The Kier molecular flexibility index (Phi) is 70.0. The van der Waals surface area contributed by atoms with Crippen molar-refractivity contribution in [3.8, 4) is 0 Å². The number of hydrogen-bond donors (Lipinski definition) is 3. The maximum absolute atomic E-state index is 13.1. The van der Waals surface area contributed by atoms with E-state index in [1.165, 1.54) is 193 Å². The van der Waals surface area contributed by atoms with Gasteiger partial charge in [-0.15, -0.1) is 0 Å². The number of ether oxygens (including phenoxy) is 4. The minimum absolute atomic E-state index is 0.101. The monoisotopic (exact) mass is 1480 g/mol. The van der Waals surface area contributed by atoms with Crippen molar-refractivity contribution in [3.05, 3.63) is 24.3 Å². The highest BCUT2D eigenvalue weighted by Crippen LogP contribution is 2.45. The van der Waals surface area contributed by atoms with Crippen molar-refractivity contribution in [1.82, 2.24) is 0 Å². The first-order valence-electron chi connectivity index (χ1n) is 41.7. The molecule has 0 amide bonds. The molecule has 101 heavy (non-hydrogen) atoms. The normalized spacial score (nSPS) is 14.1. The Hall–Kier alpha value is -2.46. The van der Waals surface area contributed by atoms with Crippen LogP contribution in [0, 0.1) is 17.8 Å². The summed E-state index contributed by atoms with van der Waals surface area (Å²) in [6.45, 7) is 11.9. The molecule has 0 aliphatic rings. The zero-order valence-corrected chi connectivity index (χ0v) is 67.6. The highest BCUT2D eigenvalue weighted by atomic mass is 31.2. The number of carbonyl (C=O) groups is 4. The fourth-order valence-corrected chi connectivity index (χ4v) is 13.7. The topological polar surface area (TPSA) is 237 Å². The molecule has 0 aromatic rings. The summed E-state index contributed by atoms with van der Waals surface area (Å²) in [6, 6.07) is 0. The highest BCUT2D eigenvalue weighted by molar-refractivity contribution is 7.47. The zero-order valence-electron chi connectivity index (χ0n) is 65.9. The average molecular weight is 1480 g/mol. The molecular formula is C82H156O17P2. The fraction of sp³-hybridized carbons (Fsp3) is 0.902. The van der Waals surface area contributed by atoms with Gasteiger partial charge in [-0.3, -0.25) is 37.3 Å². The first-order valence-corrected chi connectivity index (χ1v) is 44.7. The summed E-state index contributed by atoms with van der Waals surface area (Å²) < 4.78 is 68.7. The maximum atomic E-state index is 13.1. The van der Waals surface area contributed by atoms with Crippen LogP contribution in [0.4, 0.5) is 0 Å². The third-order valence-electron chi connectivity index (χ3n) is 18.5. The summed E-state index contributed by atoms with van der Waals surface area (Å²) in [5.74, 6) is 0.166. The number of rotatable bonds is 78. The Balaban J connectivity index is 5.27. The molecule has 0 heterocycles. The van der Waals surface area contributed by atoms with Crippen molar-refractivity contribution in [3.63, 3.8) is 0 Å². The minimum Gasteiger partial charge on any atom is -0.462 e. The lowest BCUT2D eigenvalue weighted by Gasteiger charge is -2.21. The first kappa shape index (κ1) is 98.5. The lowest BCUT2D eigenvalue weighted by molar-refractivity contribution is -0.161. The van der Waals surface area contributed by atoms with Gasteiger partial charge in [0.15, 0.2) is 12.2 Å². The lowest BCUT2D eigenvalue weighted by atomic mass is 10.0. The Bertz CT molecular complexity index is 2050. The molecule has 0 bridgehead atoms. The van der Waals surface area contributed by atoms with Crippen LogP contribution in [0.2, 0.25) is 0 Å². The summed E-state index contributed by atoms with van der Waals surface area (Å²) >= 11 is 0. The second-order valence-electron chi connectivity index (χ2n) is 30.3. The number of aliphatic hydroxyl groups is 1. The van der Waals surface area contributed by atoms with Gasteiger partial charge in [-0.1, -0.05) is 349 Å². The average Bonchev–Trinajstić information content (AvgIpc) is 0.927. The van der Waals surface area contributed by atoms with Gasteiger partial charge in [-0.2, -0.15) is 0 Å². The molecule has 0 aromatic carbocycles. The number of aliphatic hydroxyl groups excluding tert-OH is 1. The van der Waals surface area contributed by atoms with Crippen LogP contribution in [0.3, 0.4) is 0 Å². The molecule has 17 nitrogen and oxygen atoms in total. The smallest absolute Gasteiger partial charge is 0.462 e. The molecule has 0 rings (SSSR count). The minimum atomic E-state index is -4.97. The van der Waals surface area contributed by atoms with Gasteiger partial charge in [0.25, 0.3) is 0 Å². The van der Waals surface area contributed by atoms with E-state index in [9.17, 15) is 43.2 Å². The molecule has 0 radical (unpaired) electrons. The Morgan fingerprint density at radius 3 is 0.802 bits per heavy atom. The van der Waals surface area contributed by atoms with Gasteiger partial charge >= 0.3 is 39.5 Å². The molecule has 0 fully saturated rings.